The van der Waals surface area contributed by atoms with E-state index in [0.29, 0.717) is 22.1 Å². The zero-order valence-electron chi connectivity index (χ0n) is 14.1. The van der Waals surface area contributed by atoms with E-state index in [2.05, 4.69) is 5.32 Å². The maximum Gasteiger partial charge on any atom is 0.265 e. The second kappa shape index (κ2) is 7.76. The Bertz CT molecular complexity index is 853. The minimum absolute atomic E-state index is 0.353. The molecule has 134 valence electrons. The van der Waals surface area contributed by atoms with Crippen LogP contribution < -0.4 is 14.4 Å². The summed E-state index contributed by atoms with van der Waals surface area (Å²) in [6, 6.07) is 13.3. The molecule has 2 rings (SSSR count). The topological polar surface area (TPSA) is 75.7 Å². The Balaban J connectivity index is 2.06. The SMILES string of the molecule is C[C@H](Oc1ccc(Cl)cc1)C(=O)Nc1cccc(N(C)S(C)(=O)=O)c1. The van der Waals surface area contributed by atoms with Crippen LogP contribution in [0.3, 0.4) is 0 Å². The maximum absolute atomic E-state index is 12.3. The van der Waals surface area contributed by atoms with Crippen molar-refractivity contribution in [1.82, 2.24) is 0 Å². The van der Waals surface area contributed by atoms with Gasteiger partial charge in [-0.3, -0.25) is 9.10 Å². The minimum atomic E-state index is -3.38. The van der Waals surface area contributed by atoms with Gasteiger partial charge in [0.15, 0.2) is 6.10 Å². The number of ether oxygens (including phenoxy) is 1. The van der Waals surface area contributed by atoms with Crippen LogP contribution in [0.1, 0.15) is 6.92 Å². The van der Waals surface area contributed by atoms with E-state index in [9.17, 15) is 13.2 Å². The predicted octanol–water partition coefficient (Wildman–Crippen LogP) is 3.14. The van der Waals surface area contributed by atoms with Crippen LogP contribution in [0.4, 0.5) is 11.4 Å². The lowest BCUT2D eigenvalue weighted by Crippen LogP contribution is -2.30. The van der Waals surface area contributed by atoms with Gasteiger partial charge in [-0.25, -0.2) is 8.42 Å². The molecule has 1 N–H and O–H groups in total. The highest BCUT2D eigenvalue weighted by molar-refractivity contribution is 7.92. The summed E-state index contributed by atoms with van der Waals surface area (Å²) in [6.07, 6.45) is 0.373. The largest absolute Gasteiger partial charge is 0.481 e. The summed E-state index contributed by atoms with van der Waals surface area (Å²) < 4.78 is 29.9. The summed E-state index contributed by atoms with van der Waals surface area (Å²) in [6.45, 7) is 1.62. The van der Waals surface area contributed by atoms with Crippen LogP contribution >= 0.6 is 11.6 Å². The second-order valence-electron chi connectivity index (χ2n) is 5.48. The number of hydrogen-bond acceptors (Lipinski definition) is 4. The molecule has 0 aliphatic carbocycles. The van der Waals surface area contributed by atoms with Crippen LogP contribution in [-0.2, 0) is 14.8 Å². The highest BCUT2D eigenvalue weighted by Crippen LogP contribution is 2.21. The highest BCUT2D eigenvalue weighted by Gasteiger charge is 2.16. The predicted molar refractivity (Wildman–Crippen MR) is 99.9 cm³/mol. The van der Waals surface area contributed by atoms with E-state index < -0.39 is 16.1 Å². The van der Waals surface area contributed by atoms with Gasteiger partial charge in [0.25, 0.3) is 5.91 Å². The van der Waals surface area contributed by atoms with Gasteiger partial charge in [0.05, 0.1) is 11.9 Å². The van der Waals surface area contributed by atoms with Crippen LogP contribution in [0, 0.1) is 0 Å². The Labute approximate surface area is 152 Å². The number of nitrogens with zero attached hydrogens (tertiary/aromatic N) is 1. The van der Waals surface area contributed by atoms with Crippen molar-refractivity contribution in [3.63, 3.8) is 0 Å². The van der Waals surface area contributed by atoms with Crippen molar-refractivity contribution in [1.29, 1.82) is 0 Å². The average Bonchev–Trinajstić information content (AvgIpc) is 2.55. The van der Waals surface area contributed by atoms with Crippen LogP contribution in [0.5, 0.6) is 5.75 Å². The van der Waals surface area contributed by atoms with Crippen LogP contribution in [0.15, 0.2) is 48.5 Å². The maximum atomic E-state index is 12.3. The fourth-order valence-corrected chi connectivity index (χ4v) is 2.61. The smallest absolute Gasteiger partial charge is 0.265 e. The lowest BCUT2D eigenvalue weighted by atomic mass is 10.2. The molecular formula is C17H19ClN2O4S. The third-order valence-electron chi connectivity index (χ3n) is 3.47. The van der Waals surface area contributed by atoms with Crippen LogP contribution in [-0.4, -0.2) is 33.7 Å². The standard InChI is InChI=1S/C17H19ClN2O4S/c1-12(24-16-9-7-13(18)8-10-16)17(21)19-14-5-4-6-15(11-14)20(2)25(3,22)23/h4-12H,1-3H3,(H,19,21)/t12-/m0/s1. The Morgan fingerprint density at radius 2 is 1.84 bits per heavy atom. The van der Waals surface area contributed by atoms with E-state index in [0.717, 1.165) is 10.6 Å². The first-order chi connectivity index (χ1) is 11.7. The van der Waals surface area contributed by atoms with Gasteiger partial charge in [-0.2, -0.15) is 0 Å². The summed E-state index contributed by atoms with van der Waals surface area (Å²) >= 11 is 5.81. The van der Waals surface area contributed by atoms with E-state index in [1.165, 1.54) is 7.05 Å². The number of anilines is 2. The van der Waals surface area contributed by atoms with Gasteiger partial charge in [0.2, 0.25) is 10.0 Å². The number of amides is 1. The Morgan fingerprint density at radius 1 is 1.20 bits per heavy atom. The molecule has 0 spiro atoms. The number of carbonyl (C=O) groups excluding carboxylic acids is 1. The van der Waals surface area contributed by atoms with Gasteiger partial charge in [-0.15, -0.1) is 0 Å². The Morgan fingerprint density at radius 3 is 2.44 bits per heavy atom. The number of nitrogens with one attached hydrogen (secondary N) is 1. The van der Waals surface area contributed by atoms with Gasteiger partial charge in [0.1, 0.15) is 5.75 Å². The number of carbonyl (C=O) groups is 1. The molecule has 1 atom stereocenters. The summed E-state index contributed by atoms with van der Waals surface area (Å²) in [5.41, 5.74) is 0.927. The van der Waals surface area contributed by atoms with Gasteiger partial charge >= 0.3 is 0 Å². The molecule has 0 aliphatic heterocycles. The summed E-state index contributed by atoms with van der Waals surface area (Å²) in [4.78, 5) is 12.3. The number of sulfonamides is 1. The molecule has 0 saturated carbocycles. The molecule has 0 unspecified atom stereocenters. The molecule has 2 aromatic rings. The Kier molecular flexibility index (Phi) is 5.92. The van der Waals surface area contributed by atoms with Gasteiger partial charge in [-0.05, 0) is 49.4 Å². The van der Waals surface area contributed by atoms with Crippen molar-refractivity contribution >= 4 is 38.9 Å². The molecule has 0 bridgehead atoms. The zero-order chi connectivity index (χ0) is 18.6. The lowest BCUT2D eigenvalue weighted by Gasteiger charge is -2.18. The number of rotatable bonds is 6. The Hall–Kier alpha value is -2.25. The van der Waals surface area contributed by atoms with Crippen LogP contribution in [0.2, 0.25) is 5.02 Å². The van der Waals surface area contributed by atoms with Crippen molar-refractivity contribution in [3.05, 3.63) is 53.6 Å². The molecule has 0 fully saturated rings. The molecule has 25 heavy (non-hydrogen) atoms. The highest BCUT2D eigenvalue weighted by atomic mass is 35.5. The van der Waals surface area contributed by atoms with Crippen molar-refractivity contribution in [3.8, 4) is 5.75 Å². The second-order valence-corrected chi connectivity index (χ2v) is 7.93. The van der Waals surface area contributed by atoms with Crippen molar-refractivity contribution in [2.24, 2.45) is 0 Å². The third-order valence-corrected chi connectivity index (χ3v) is 4.93. The van der Waals surface area contributed by atoms with E-state index in [-0.39, 0.29) is 5.91 Å². The van der Waals surface area contributed by atoms with Crippen molar-refractivity contribution in [2.45, 2.75) is 13.0 Å². The van der Waals surface area contributed by atoms with Gasteiger partial charge < -0.3 is 10.1 Å². The van der Waals surface area contributed by atoms with Crippen LogP contribution in [0.25, 0.3) is 0 Å². The van der Waals surface area contributed by atoms with Crippen molar-refractivity contribution < 1.29 is 17.9 Å². The molecule has 0 heterocycles. The van der Waals surface area contributed by atoms with E-state index >= 15 is 0 Å². The summed E-state index contributed by atoms with van der Waals surface area (Å²) in [5.74, 6) is 0.173. The molecule has 1 amide bonds. The first-order valence-electron chi connectivity index (χ1n) is 7.44. The van der Waals surface area contributed by atoms with E-state index in [4.69, 9.17) is 16.3 Å². The first kappa shape index (κ1) is 19.1. The number of benzene rings is 2. The molecule has 0 radical (unpaired) electrons. The molecule has 8 heteroatoms. The van der Waals surface area contributed by atoms with Gasteiger partial charge in [0, 0.05) is 17.8 Å². The van der Waals surface area contributed by atoms with E-state index in [1.807, 2.05) is 0 Å². The average molecular weight is 383 g/mol. The quantitative estimate of drug-likeness (QED) is 0.832. The molecular weight excluding hydrogens is 364 g/mol. The molecule has 0 aliphatic rings. The lowest BCUT2D eigenvalue weighted by molar-refractivity contribution is -0.122. The molecule has 0 aromatic heterocycles. The minimum Gasteiger partial charge on any atom is -0.481 e. The molecule has 2 aromatic carbocycles. The third kappa shape index (κ3) is 5.37. The number of halogens is 1. The first-order valence-corrected chi connectivity index (χ1v) is 9.66. The normalized spacial score (nSPS) is 12.3. The fraction of sp³-hybridized carbons (Fsp3) is 0.235. The van der Waals surface area contributed by atoms with Gasteiger partial charge in [-0.1, -0.05) is 17.7 Å². The zero-order valence-corrected chi connectivity index (χ0v) is 15.6. The monoisotopic (exact) mass is 382 g/mol. The summed E-state index contributed by atoms with van der Waals surface area (Å²) in [5, 5.41) is 3.29. The molecule has 0 saturated heterocycles. The summed E-state index contributed by atoms with van der Waals surface area (Å²) in [7, 11) is -1.93. The van der Waals surface area contributed by atoms with Crippen molar-refractivity contribution in [2.75, 3.05) is 22.9 Å². The van der Waals surface area contributed by atoms with E-state index in [1.54, 1.807) is 55.5 Å². The number of hydrogen-bond donors (Lipinski definition) is 1. The molecule has 6 nitrogen and oxygen atoms in total. The fourth-order valence-electron chi connectivity index (χ4n) is 1.99.